The number of rotatable bonds is 8. The molecule has 0 saturated carbocycles. The molecule has 1 aliphatic rings. The van der Waals surface area contributed by atoms with Gasteiger partial charge in [0, 0.05) is 16.9 Å². The second-order valence-electron chi connectivity index (χ2n) is 9.53. The second kappa shape index (κ2) is 11.5. The molecule has 39 heavy (non-hydrogen) atoms. The number of nitrogens with zero attached hydrogens (tertiary/aromatic N) is 1. The van der Waals surface area contributed by atoms with Gasteiger partial charge >= 0.3 is 5.97 Å². The molecule has 3 amide bonds. The Morgan fingerprint density at radius 1 is 0.821 bits per heavy atom. The first-order chi connectivity index (χ1) is 18.6. The zero-order valence-electron chi connectivity index (χ0n) is 21.9. The van der Waals surface area contributed by atoms with Gasteiger partial charge in [-0.15, -0.1) is 0 Å². The van der Waals surface area contributed by atoms with Crippen LogP contribution in [0.25, 0.3) is 0 Å². The Morgan fingerprint density at radius 3 is 2.05 bits per heavy atom. The number of halogens is 1. The van der Waals surface area contributed by atoms with Crippen LogP contribution in [0.3, 0.4) is 0 Å². The van der Waals surface area contributed by atoms with Crippen LogP contribution < -0.4 is 15.5 Å². The van der Waals surface area contributed by atoms with Crippen molar-refractivity contribution in [1.29, 1.82) is 0 Å². The molecule has 0 fully saturated rings. The number of carbonyl (C=O) groups excluding carboxylic acids is 4. The Kier molecular flexibility index (Phi) is 8.16. The Bertz CT molecular complexity index is 1460. The quantitative estimate of drug-likeness (QED) is 0.263. The van der Waals surface area contributed by atoms with E-state index in [1.807, 2.05) is 24.3 Å². The van der Waals surface area contributed by atoms with E-state index in [9.17, 15) is 19.2 Å². The number of amides is 3. The Balaban J connectivity index is 1.45. The molecule has 0 spiro atoms. The lowest BCUT2D eigenvalue weighted by molar-refractivity contribution is -0.120. The van der Waals surface area contributed by atoms with Crippen molar-refractivity contribution in [2.45, 2.75) is 39.7 Å². The predicted molar refractivity (Wildman–Crippen MR) is 151 cm³/mol. The minimum Gasteiger partial charge on any atom is -0.459 e. The number of imide groups is 1. The maximum Gasteiger partial charge on any atom is 0.338 e. The van der Waals surface area contributed by atoms with Crippen LogP contribution in [0.1, 0.15) is 59.9 Å². The van der Waals surface area contributed by atoms with Gasteiger partial charge in [-0.1, -0.05) is 43.6 Å². The van der Waals surface area contributed by atoms with E-state index in [2.05, 4.69) is 24.5 Å². The summed E-state index contributed by atoms with van der Waals surface area (Å²) < 4.78 is 5.16. The monoisotopic (exact) mass is 545 g/mol. The summed E-state index contributed by atoms with van der Waals surface area (Å²) in [5.41, 5.74) is 3.13. The van der Waals surface area contributed by atoms with Crippen molar-refractivity contribution in [3.63, 3.8) is 0 Å². The fraction of sp³-hybridized carbons (Fsp3) is 0.200. The van der Waals surface area contributed by atoms with Crippen LogP contribution in [-0.2, 0) is 14.3 Å². The number of ether oxygens (including phenoxy) is 1. The van der Waals surface area contributed by atoms with Crippen molar-refractivity contribution >= 4 is 52.4 Å². The first-order valence-corrected chi connectivity index (χ1v) is 12.8. The summed E-state index contributed by atoms with van der Waals surface area (Å²) in [5.74, 6) is -1.87. The van der Waals surface area contributed by atoms with Gasteiger partial charge in [-0.2, -0.15) is 0 Å². The zero-order chi connectivity index (χ0) is 28.3. The average molecular weight is 546 g/mol. The molecule has 2 N–H and O–H groups in total. The Morgan fingerprint density at radius 2 is 1.44 bits per heavy atom. The van der Waals surface area contributed by atoms with Crippen LogP contribution in [0.15, 0.2) is 83.5 Å². The van der Waals surface area contributed by atoms with E-state index in [0.717, 1.165) is 16.2 Å². The van der Waals surface area contributed by atoms with Crippen LogP contribution in [0, 0.1) is 0 Å². The Labute approximate surface area is 231 Å². The summed E-state index contributed by atoms with van der Waals surface area (Å²) in [4.78, 5) is 51.7. The van der Waals surface area contributed by atoms with Crippen LogP contribution in [0.5, 0.6) is 0 Å². The number of anilines is 3. The lowest BCUT2D eigenvalue weighted by atomic mass is 10.0. The molecule has 4 rings (SSSR count). The Hall–Kier alpha value is -4.43. The summed E-state index contributed by atoms with van der Waals surface area (Å²) in [7, 11) is 0. The number of carbonyl (C=O) groups is 4. The molecule has 200 valence electrons. The van der Waals surface area contributed by atoms with Gasteiger partial charge in [-0.05, 0) is 79.9 Å². The van der Waals surface area contributed by atoms with Crippen LogP contribution in [0.2, 0.25) is 0 Å². The zero-order valence-corrected chi connectivity index (χ0v) is 22.7. The number of benzene rings is 3. The topological polar surface area (TPSA) is 105 Å². The minimum atomic E-state index is -0.693. The van der Waals surface area contributed by atoms with Gasteiger partial charge in [-0.3, -0.25) is 14.4 Å². The smallest absolute Gasteiger partial charge is 0.338 e. The molecule has 1 aliphatic heterocycles. The van der Waals surface area contributed by atoms with Gasteiger partial charge in [0.05, 0.1) is 17.4 Å². The number of nitrogens with one attached hydrogen (secondary N) is 2. The highest BCUT2D eigenvalue weighted by molar-refractivity contribution is 6.53. The van der Waals surface area contributed by atoms with Crippen molar-refractivity contribution in [2.75, 3.05) is 15.5 Å². The lowest BCUT2D eigenvalue weighted by Gasteiger charge is -2.16. The van der Waals surface area contributed by atoms with Crippen LogP contribution in [-0.4, -0.2) is 29.8 Å². The van der Waals surface area contributed by atoms with Gasteiger partial charge in [0.1, 0.15) is 10.7 Å². The second-order valence-corrected chi connectivity index (χ2v) is 9.91. The summed E-state index contributed by atoms with van der Waals surface area (Å²) in [6.45, 7) is 7.59. The van der Waals surface area contributed by atoms with E-state index in [-0.39, 0.29) is 34.3 Å². The average Bonchev–Trinajstić information content (AvgIpc) is 3.11. The molecular weight excluding hydrogens is 518 g/mol. The maximum absolute atomic E-state index is 13.1. The standard InChI is InChI=1S/C30H28ClN3O5/c1-17(2)23-7-5-6-8-24(23)33-27(35)19-9-13-21(14-10-19)32-26-25(31)28(36)34(29(26)37)22-15-11-20(12-16-22)30(38)39-18(3)4/h5-18,32H,1-4H3,(H,33,35). The van der Waals surface area contributed by atoms with E-state index in [4.69, 9.17) is 16.3 Å². The highest BCUT2D eigenvalue weighted by atomic mass is 35.5. The molecule has 3 aromatic rings. The highest BCUT2D eigenvalue weighted by Gasteiger charge is 2.39. The summed E-state index contributed by atoms with van der Waals surface area (Å²) in [5, 5.41) is 5.56. The van der Waals surface area contributed by atoms with E-state index in [1.165, 1.54) is 24.3 Å². The van der Waals surface area contributed by atoms with E-state index in [0.29, 0.717) is 16.8 Å². The molecule has 9 heteroatoms. The van der Waals surface area contributed by atoms with Crippen LogP contribution in [0.4, 0.5) is 17.1 Å². The predicted octanol–water partition coefficient (Wildman–Crippen LogP) is 6.06. The third-order valence-electron chi connectivity index (χ3n) is 5.98. The first kappa shape index (κ1) is 27.6. The number of hydrogen-bond donors (Lipinski definition) is 2. The van der Waals surface area contributed by atoms with Crippen molar-refractivity contribution in [3.8, 4) is 0 Å². The fourth-order valence-corrected chi connectivity index (χ4v) is 4.25. The maximum atomic E-state index is 13.1. The highest BCUT2D eigenvalue weighted by Crippen LogP contribution is 2.31. The van der Waals surface area contributed by atoms with Gasteiger partial charge < -0.3 is 15.4 Å². The van der Waals surface area contributed by atoms with Gasteiger partial charge in [0.2, 0.25) is 0 Å². The molecule has 0 radical (unpaired) electrons. The normalized spacial score (nSPS) is 13.4. The fourth-order valence-electron chi connectivity index (χ4n) is 4.03. The number of para-hydroxylation sites is 1. The molecule has 0 bridgehead atoms. The number of hydrogen-bond acceptors (Lipinski definition) is 6. The van der Waals surface area contributed by atoms with Gasteiger partial charge in [0.25, 0.3) is 17.7 Å². The third-order valence-corrected chi connectivity index (χ3v) is 6.33. The third kappa shape index (κ3) is 6.02. The molecular formula is C30H28ClN3O5. The minimum absolute atomic E-state index is 0.0898. The van der Waals surface area contributed by atoms with E-state index < -0.39 is 17.8 Å². The summed E-state index contributed by atoms with van der Waals surface area (Å²) in [6, 6.07) is 20.0. The molecule has 3 aromatic carbocycles. The SMILES string of the molecule is CC(C)OC(=O)c1ccc(N2C(=O)C(Cl)=C(Nc3ccc(C(=O)Nc4ccccc4C(C)C)cc3)C2=O)cc1. The van der Waals surface area contributed by atoms with Crippen molar-refractivity contribution in [3.05, 3.63) is 100 Å². The summed E-state index contributed by atoms with van der Waals surface area (Å²) >= 11 is 6.24. The van der Waals surface area contributed by atoms with Crippen molar-refractivity contribution in [2.24, 2.45) is 0 Å². The largest absolute Gasteiger partial charge is 0.459 e. The molecule has 0 atom stereocenters. The van der Waals surface area contributed by atoms with Gasteiger partial charge in [-0.25, -0.2) is 9.69 Å². The van der Waals surface area contributed by atoms with E-state index in [1.54, 1.807) is 38.1 Å². The number of esters is 1. The molecule has 1 heterocycles. The first-order valence-electron chi connectivity index (χ1n) is 12.4. The van der Waals surface area contributed by atoms with Crippen molar-refractivity contribution in [1.82, 2.24) is 0 Å². The summed E-state index contributed by atoms with van der Waals surface area (Å²) in [6.07, 6.45) is -0.277. The van der Waals surface area contributed by atoms with Gasteiger partial charge in [0.15, 0.2) is 0 Å². The van der Waals surface area contributed by atoms with Crippen molar-refractivity contribution < 1.29 is 23.9 Å². The lowest BCUT2D eigenvalue weighted by Crippen LogP contribution is -2.32. The van der Waals surface area contributed by atoms with Crippen LogP contribution >= 0.6 is 11.6 Å². The molecule has 0 aromatic heterocycles. The molecule has 0 unspecified atom stereocenters. The van der Waals surface area contributed by atoms with E-state index >= 15 is 0 Å². The molecule has 0 saturated heterocycles. The molecule has 0 aliphatic carbocycles. The molecule has 8 nitrogen and oxygen atoms in total.